The molecule has 2 atom stereocenters. The van der Waals surface area contributed by atoms with Crippen LogP contribution in [0.3, 0.4) is 0 Å². The predicted octanol–water partition coefficient (Wildman–Crippen LogP) is 0.888. The molecule has 0 amide bonds. The minimum absolute atomic E-state index is 0.0465. The van der Waals surface area contributed by atoms with Crippen molar-refractivity contribution >= 4 is 16.1 Å². The highest BCUT2D eigenvalue weighted by Crippen LogP contribution is 2.23. The van der Waals surface area contributed by atoms with Gasteiger partial charge in [0.05, 0.1) is 25.2 Å². The molecular formula is C13H16O6S. The number of esters is 1. The van der Waals surface area contributed by atoms with Crippen LogP contribution in [0.2, 0.25) is 0 Å². The first-order valence-electron chi connectivity index (χ1n) is 6.09. The zero-order valence-electron chi connectivity index (χ0n) is 11.2. The second kappa shape index (κ2) is 5.90. The normalized spacial score (nSPS) is 22.7. The van der Waals surface area contributed by atoms with Crippen molar-refractivity contribution in [3.63, 3.8) is 0 Å². The molecule has 110 valence electrons. The summed E-state index contributed by atoms with van der Waals surface area (Å²) in [5.41, 5.74) is 0.945. The zero-order chi connectivity index (χ0) is 14.8. The summed E-state index contributed by atoms with van der Waals surface area (Å²) in [4.78, 5) is 11.6. The first kappa shape index (κ1) is 15.0. The van der Waals surface area contributed by atoms with E-state index in [9.17, 15) is 13.2 Å². The van der Waals surface area contributed by atoms with Crippen LogP contribution in [0.1, 0.15) is 5.56 Å². The molecule has 1 aliphatic heterocycles. The van der Waals surface area contributed by atoms with Crippen molar-refractivity contribution in [3.05, 3.63) is 29.8 Å². The third kappa shape index (κ3) is 3.17. The number of carbonyl (C=O) groups excluding carboxylic acids is 1. The Labute approximate surface area is 117 Å². The van der Waals surface area contributed by atoms with Gasteiger partial charge in [0, 0.05) is 0 Å². The van der Waals surface area contributed by atoms with E-state index in [4.69, 9.17) is 8.92 Å². The first-order chi connectivity index (χ1) is 9.44. The van der Waals surface area contributed by atoms with Crippen molar-refractivity contribution in [1.29, 1.82) is 0 Å². The summed E-state index contributed by atoms with van der Waals surface area (Å²) in [6, 6.07) is 6.29. The molecule has 0 aromatic heterocycles. The molecule has 0 spiro atoms. The quantitative estimate of drug-likeness (QED) is 0.607. The molecule has 7 heteroatoms. The van der Waals surface area contributed by atoms with E-state index in [-0.39, 0.29) is 18.1 Å². The van der Waals surface area contributed by atoms with E-state index in [2.05, 4.69) is 4.74 Å². The van der Waals surface area contributed by atoms with Gasteiger partial charge in [0.15, 0.2) is 0 Å². The van der Waals surface area contributed by atoms with Crippen LogP contribution in [-0.4, -0.2) is 40.8 Å². The highest BCUT2D eigenvalue weighted by atomic mass is 32.2. The molecule has 1 aromatic carbocycles. The first-order valence-corrected chi connectivity index (χ1v) is 7.50. The van der Waals surface area contributed by atoms with E-state index >= 15 is 0 Å². The van der Waals surface area contributed by atoms with Gasteiger partial charge in [-0.1, -0.05) is 17.7 Å². The summed E-state index contributed by atoms with van der Waals surface area (Å²) < 4.78 is 39.1. The highest BCUT2D eigenvalue weighted by Gasteiger charge is 2.39. The predicted molar refractivity (Wildman–Crippen MR) is 69.6 cm³/mol. The molecule has 1 aromatic rings. The van der Waals surface area contributed by atoms with Gasteiger partial charge in [-0.2, -0.15) is 8.42 Å². The summed E-state index contributed by atoms with van der Waals surface area (Å²) in [5.74, 6) is -1.26. The molecule has 1 fully saturated rings. The fourth-order valence-electron chi connectivity index (χ4n) is 1.92. The van der Waals surface area contributed by atoms with Crippen LogP contribution in [-0.2, 0) is 28.6 Å². The number of methoxy groups -OCH3 is 1. The molecule has 0 bridgehead atoms. The molecule has 1 aliphatic rings. The minimum Gasteiger partial charge on any atom is -0.469 e. The molecular weight excluding hydrogens is 284 g/mol. The summed E-state index contributed by atoms with van der Waals surface area (Å²) >= 11 is 0. The molecule has 20 heavy (non-hydrogen) atoms. The second-order valence-electron chi connectivity index (χ2n) is 4.57. The third-order valence-electron chi connectivity index (χ3n) is 3.09. The molecule has 0 aliphatic carbocycles. The molecule has 0 N–H and O–H groups in total. The van der Waals surface area contributed by atoms with Crippen LogP contribution in [0.4, 0.5) is 0 Å². The van der Waals surface area contributed by atoms with Crippen LogP contribution < -0.4 is 0 Å². The number of hydrogen-bond acceptors (Lipinski definition) is 6. The van der Waals surface area contributed by atoms with Crippen LogP contribution in [0.5, 0.6) is 0 Å². The SMILES string of the molecule is COC(=O)C1COCC1OS(=O)(=O)c1ccc(C)cc1. The van der Waals surface area contributed by atoms with E-state index in [1.165, 1.54) is 19.2 Å². The summed E-state index contributed by atoms with van der Waals surface area (Å²) in [6.45, 7) is 2.00. The van der Waals surface area contributed by atoms with Crippen molar-refractivity contribution in [2.75, 3.05) is 20.3 Å². The van der Waals surface area contributed by atoms with Gasteiger partial charge in [0.25, 0.3) is 10.1 Å². The summed E-state index contributed by atoms with van der Waals surface area (Å²) in [7, 11) is -2.68. The van der Waals surface area contributed by atoms with E-state index in [0.717, 1.165) is 5.56 Å². The number of ether oxygens (including phenoxy) is 2. The maximum Gasteiger partial charge on any atom is 0.313 e. The number of benzene rings is 1. The fourth-order valence-corrected chi connectivity index (χ4v) is 3.02. The molecule has 1 saturated heterocycles. The second-order valence-corrected chi connectivity index (χ2v) is 6.14. The lowest BCUT2D eigenvalue weighted by molar-refractivity contribution is -0.147. The van der Waals surface area contributed by atoms with Crippen LogP contribution in [0.25, 0.3) is 0 Å². The van der Waals surface area contributed by atoms with E-state index in [1.807, 2.05) is 6.92 Å². The van der Waals surface area contributed by atoms with Crippen LogP contribution >= 0.6 is 0 Å². The summed E-state index contributed by atoms with van der Waals surface area (Å²) in [6.07, 6.45) is -0.853. The Morgan fingerprint density at radius 3 is 2.50 bits per heavy atom. The van der Waals surface area contributed by atoms with E-state index < -0.39 is 28.1 Å². The molecule has 2 rings (SSSR count). The van der Waals surface area contributed by atoms with Crippen molar-refractivity contribution in [2.45, 2.75) is 17.9 Å². The lowest BCUT2D eigenvalue weighted by Gasteiger charge is -2.16. The lowest BCUT2D eigenvalue weighted by Crippen LogP contribution is -2.32. The van der Waals surface area contributed by atoms with Gasteiger partial charge in [0.1, 0.15) is 12.0 Å². The fraction of sp³-hybridized carbons (Fsp3) is 0.462. The standard InChI is InChI=1S/C13H16O6S/c1-9-3-5-10(6-4-9)20(15,16)19-12-8-18-7-11(12)13(14)17-2/h3-6,11-12H,7-8H2,1-2H3. The Bertz CT molecular complexity index is 577. The third-order valence-corrected chi connectivity index (χ3v) is 4.44. The monoisotopic (exact) mass is 300 g/mol. The zero-order valence-corrected chi connectivity index (χ0v) is 12.1. The van der Waals surface area contributed by atoms with Gasteiger partial charge in [-0.15, -0.1) is 0 Å². The van der Waals surface area contributed by atoms with Crippen molar-refractivity contribution < 1.29 is 26.9 Å². The Kier molecular flexibility index (Phi) is 4.42. The number of carbonyl (C=O) groups is 1. The van der Waals surface area contributed by atoms with Crippen LogP contribution in [0.15, 0.2) is 29.2 Å². The average molecular weight is 300 g/mol. The van der Waals surface area contributed by atoms with E-state index in [0.29, 0.717) is 0 Å². The van der Waals surface area contributed by atoms with Crippen molar-refractivity contribution in [2.24, 2.45) is 5.92 Å². The maximum atomic E-state index is 12.1. The van der Waals surface area contributed by atoms with Gasteiger partial charge in [-0.25, -0.2) is 0 Å². The Morgan fingerprint density at radius 2 is 1.90 bits per heavy atom. The van der Waals surface area contributed by atoms with Gasteiger partial charge in [-0.05, 0) is 19.1 Å². The molecule has 1 heterocycles. The molecule has 2 unspecified atom stereocenters. The van der Waals surface area contributed by atoms with Gasteiger partial charge >= 0.3 is 5.97 Å². The van der Waals surface area contributed by atoms with Crippen molar-refractivity contribution in [1.82, 2.24) is 0 Å². The highest BCUT2D eigenvalue weighted by molar-refractivity contribution is 7.86. The largest absolute Gasteiger partial charge is 0.469 e. The Balaban J connectivity index is 2.15. The Hall–Kier alpha value is -1.44. The molecule has 6 nitrogen and oxygen atoms in total. The van der Waals surface area contributed by atoms with Crippen molar-refractivity contribution in [3.8, 4) is 0 Å². The molecule has 0 saturated carbocycles. The number of hydrogen-bond donors (Lipinski definition) is 0. The molecule has 0 radical (unpaired) electrons. The van der Waals surface area contributed by atoms with Gasteiger partial charge < -0.3 is 9.47 Å². The Morgan fingerprint density at radius 1 is 1.25 bits per heavy atom. The number of rotatable bonds is 4. The topological polar surface area (TPSA) is 78.9 Å². The minimum atomic E-state index is -3.92. The van der Waals surface area contributed by atoms with Gasteiger partial charge in [-0.3, -0.25) is 8.98 Å². The van der Waals surface area contributed by atoms with Crippen LogP contribution in [0, 0.1) is 12.8 Å². The maximum absolute atomic E-state index is 12.1. The van der Waals surface area contributed by atoms with Gasteiger partial charge in [0.2, 0.25) is 0 Å². The average Bonchev–Trinajstić information content (AvgIpc) is 2.85. The number of aryl methyl sites for hydroxylation is 1. The summed E-state index contributed by atoms with van der Waals surface area (Å²) in [5, 5.41) is 0. The lowest BCUT2D eigenvalue weighted by atomic mass is 10.1. The smallest absolute Gasteiger partial charge is 0.313 e. The van der Waals surface area contributed by atoms with E-state index in [1.54, 1.807) is 12.1 Å².